The Bertz CT molecular complexity index is 405. The summed E-state index contributed by atoms with van der Waals surface area (Å²) < 4.78 is 0. The summed E-state index contributed by atoms with van der Waals surface area (Å²) in [5.74, 6) is 2.25. The van der Waals surface area contributed by atoms with Crippen LogP contribution in [-0.4, -0.2) is 47.7 Å². The van der Waals surface area contributed by atoms with Crippen molar-refractivity contribution in [2.24, 2.45) is 11.5 Å². The molecule has 0 fully saturated rings. The summed E-state index contributed by atoms with van der Waals surface area (Å²) >= 11 is 0. The summed E-state index contributed by atoms with van der Waals surface area (Å²) in [5, 5.41) is 0. The number of nitrogens with two attached hydrogens (primary N) is 2. The largest absolute Gasteiger partial charge is 0.324 e. The van der Waals surface area contributed by atoms with Crippen LogP contribution in [0, 0.1) is 0 Å². The van der Waals surface area contributed by atoms with Gasteiger partial charge in [-0.3, -0.25) is 19.2 Å². The van der Waals surface area contributed by atoms with Crippen molar-refractivity contribution >= 4 is 44.7 Å². The van der Waals surface area contributed by atoms with Crippen LogP contribution in [-0.2, 0) is 19.2 Å². The molecule has 0 unspecified atom stereocenters. The molecule has 0 atom stereocenters. The molecule has 0 rings (SSSR count). The van der Waals surface area contributed by atoms with Crippen molar-refractivity contribution in [2.45, 2.75) is 64.2 Å². The van der Waals surface area contributed by atoms with Gasteiger partial charge in [0.15, 0.2) is 0 Å². The Morgan fingerprint density at radius 2 is 0.808 bits per heavy atom. The van der Waals surface area contributed by atoms with Crippen molar-refractivity contribution in [1.82, 2.24) is 0 Å². The van der Waals surface area contributed by atoms with Crippen molar-refractivity contribution in [3.63, 3.8) is 0 Å². The molecule has 0 aliphatic heterocycles. The lowest BCUT2D eigenvalue weighted by Gasteiger charge is -2.03. The molecule has 0 aliphatic carbocycles. The Balaban J connectivity index is 3.37. The van der Waals surface area contributed by atoms with Gasteiger partial charge in [0.2, 0.25) is 0 Å². The second-order valence-corrected chi connectivity index (χ2v) is 8.82. The van der Waals surface area contributed by atoms with Crippen LogP contribution >= 0.6 is 21.6 Å². The highest BCUT2D eigenvalue weighted by atomic mass is 33.1. The predicted molar refractivity (Wildman–Crippen MR) is 109 cm³/mol. The lowest BCUT2D eigenvalue weighted by molar-refractivity contribution is -0.121. The van der Waals surface area contributed by atoms with Gasteiger partial charge in [0, 0.05) is 50.0 Å². The molecule has 0 radical (unpaired) electrons. The van der Waals surface area contributed by atoms with Gasteiger partial charge in [0.25, 0.3) is 0 Å². The molecule has 8 heteroatoms. The molecular formula is C18H32N2O4S2. The van der Waals surface area contributed by atoms with Crippen molar-refractivity contribution in [2.75, 3.05) is 24.6 Å². The number of Topliss-reactive ketones (excluding diaryl/α,β-unsaturated/α-hetero) is 4. The van der Waals surface area contributed by atoms with Gasteiger partial charge >= 0.3 is 0 Å². The van der Waals surface area contributed by atoms with Crippen LogP contribution in [0.15, 0.2) is 0 Å². The summed E-state index contributed by atoms with van der Waals surface area (Å²) in [4.78, 5) is 45.4. The van der Waals surface area contributed by atoms with E-state index in [4.69, 9.17) is 11.5 Å². The fraction of sp³-hybridized carbons (Fsp3) is 0.778. The fourth-order valence-electron chi connectivity index (χ4n) is 2.19. The maximum absolute atomic E-state index is 11.6. The van der Waals surface area contributed by atoms with Crippen LogP contribution < -0.4 is 11.5 Å². The minimum Gasteiger partial charge on any atom is -0.324 e. The van der Waals surface area contributed by atoms with Gasteiger partial charge in [-0.05, 0) is 25.7 Å². The second-order valence-electron chi connectivity index (χ2n) is 6.12. The molecule has 26 heavy (non-hydrogen) atoms. The summed E-state index contributed by atoms with van der Waals surface area (Å²) in [7, 11) is 3.46. The third kappa shape index (κ3) is 16.8. The topological polar surface area (TPSA) is 120 Å². The second kappa shape index (κ2) is 17.7. The van der Waals surface area contributed by atoms with E-state index in [2.05, 4.69) is 0 Å². The highest BCUT2D eigenvalue weighted by molar-refractivity contribution is 8.76. The van der Waals surface area contributed by atoms with E-state index in [0.29, 0.717) is 51.4 Å². The molecule has 6 nitrogen and oxygen atoms in total. The fourth-order valence-corrected chi connectivity index (χ4v) is 4.37. The summed E-state index contributed by atoms with van der Waals surface area (Å²) in [6.07, 6.45) is 5.73. The van der Waals surface area contributed by atoms with Gasteiger partial charge in [0.1, 0.15) is 23.1 Å². The lowest BCUT2D eigenvalue weighted by atomic mass is 10.1. The molecule has 0 heterocycles. The molecule has 0 aromatic carbocycles. The van der Waals surface area contributed by atoms with Gasteiger partial charge in [0.05, 0.1) is 13.1 Å². The highest BCUT2D eigenvalue weighted by Gasteiger charge is 2.06. The lowest BCUT2D eigenvalue weighted by Crippen LogP contribution is -2.13. The first-order valence-electron chi connectivity index (χ1n) is 9.21. The summed E-state index contributed by atoms with van der Waals surface area (Å²) in [6, 6.07) is 0. The molecule has 0 saturated heterocycles. The highest BCUT2D eigenvalue weighted by Crippen LogP contribution is 2.24. The number of rotatable bonds is 19. The minimum atomic E-state index is 0.00675. The van der Waals surface area contributed by atoms with E-state index in [0.717, 1.165) is 24.3 Å². The van der Waals surface area contributed by atoms with Crippen LogP contribution in [0.3, 0.4) is 0 Å². The smallest absolute Gasteiger partial charge is 0.146 e. The van der Waals surface area contributed by atoms with E-state index in [1.165, 1.54) is 0 Å². The molecule has 0 saturated carbocycles. The Morgan fingerprint density at radius 1 is 0.500 bits per heavy atom. The van der Waals surface area contributed by atoms with E-state index in [9.17, 15) is 19.2 Å². The first-order chi connectivity index (χ1) is 12.5. The normalized spacial score (nSPS) is 10.7. The van der Waals surface area contributed by atoms with Crippen molar-refractivity contribution in [3.05, 3.63) is 0 Å². The molecular weight excluding hydrogens is 372 g/mol. The Labute approximate surface area is 164 Å². The summed E-state index contributed by atoms with van der Waals surface area (Å²) in [5.41, 5.74) is 10.4. The van der Waals surface area contributed by atoms with Crippen molar-refractivity contribution < 1.29 is 19.2 Å². The maximum Gasteiger partial charge on any atom is 0.146 e. The third-order valence-electron chi connectivity index (χ3n) is 3.73. The van der Waals surface area contributed by atoms with E-state index in [-0.39, 0.29) is 36.2 Å². The Hall–Kier alpha value is -0.700. The average molecular weight is 405 g/mol. The van der Waals surface area contributed by atoms with Crippen LogP contribution in [0.2, 0.25) is 0 Å². The first kappa shape index (κ1) is 25.3. The van der Waals surface area contributed by atoms with Gasteiger partial charge in [-0.25, -0.2) is 0 Å². The zero-order valence-electron chi connectivity index (χ0n) is 15.5. The molecule has 0 spiro atoms. The van der Waals surface area contributed by atoms with E-state index in [1.54, 1.807) is 21.6 Å². The van der Waals surface area contributed by atoms with Gasteiger partial charge in [-0.15, -0.1) is 0 Å². The number of carbonyl (C=O) groups is 4. The molecule has 150 valence electrons. The molecule has 4 N–H and O–H groups in total. The van der Waals surface area contributed by atoms with Crippen LogP contribution in [0.1, 0.15) is 64.2 Å². The molecule has 0 aromatic heterocycles. The quantitative estimate of drug-likeness (QED) is 0.249. The third-order valence-corrected chi connectivity index (χ3v) is 6.31. The van der Waals surface area contributed by atoms with E-state index < -0.39 is 0 Å². The SMILES string of the molecule is NCC(=O)CCCC(=O)CCCSSCCCC(=O)CCCC(=O)CN. The maximum atomic E-state index is 11.6. The minimum absolute atomic E-state index is 0.00675. The first-order valence-corrected chi connectivity index (χ1v) is 11.7. The number of carbonyl (C=O) groups excluding carboxylic acids is 4. The molecule has 0 bridgehead atoms. The monoisotopic (exact) mass is 404 g/mol. The van der Waals surface area contributed by atoms with E-state index >= 15 is 0 Å². The van der Waals surface area contributed by atoms with Gasteiger partial charge < -0.3 is 11.5 Å². The summed E-state index contributed by atoms with van der Waals surface area (Å²) in [6.45, 7) is 0.114. The van der Waals surface area contributed by atoms with Crippen LogP contribution in [0.5, 0.6) is 0 Å². The molecule has 0 aromatic rings. The van der Waals surface area contributed by atoms with Crippen LogP contribution in [0.4, 0.5) is 0 Å². The van der Waals surface area contributed by atoms with Crippen molar-refractivity contribution in [3.8, 4) is 0 Å². The molecule has 0 aliphatic rings. The predicted octanol–water partition coefficient (Wildman–Crippen LogP) is 2.46. The zero-order valence-corrected chi connectivity index (χ0v) is 17.1. The van der Waals surface area contributed by atoms with E-state index in [1.807, 2.05) is 0 Å². The number of hydrogen-bond acceptors (Lipinski definition) is 8. The van der Waals surface area contributed by atoms with Crippen molar-refractivity contribution in [1.29, 1.82) is 0 Å². The Kier molecular flexibility index (Phi) is 17.2. The zero-order chi connectivity index (χ0) is 19.6. The van der Waals surface area contributed by atoms with Gasteiger partial charge in [-0.1, -0.05) is 21.6 Å². The van der Waals surface area contributed by atoms with Crippen LogP contribution in [0.25, 0.3) is 0 Å². The number of ketones is 4. The standard InChI is InChI=1S/C18H32N2O4S2/c19-13-17(23)7-1-5-15(21)9-3-11-25-26-12-4-10-16(22)6-2-8-18(24)14-20/h1-14,19-20H2. The molecule has 0 amide bonds. The van der Waals surface area contributed by atoms with Gasteiger partial charge in [-0.2, -0.15) is 0 Å². The number of hydrogen-bond donors (Lipinski definition) is 2. The Morgan fingerprint density at radius 3 is 1.15 bits per heavy atom. The average Bonchev–Trinajstić information content (AvgIpc) is 2.63.